The van der Waals surface area contributed by atoms with Crippen LogP contribution in [0.15, 0.2) is 54.6 Å². The van der Waals surface area contributed by atoms with Crippen molar-refractivity contribution in [3.63, 3.8) is 0 Å². The van der Waals surface area contributed by atoms with Crippen LogP contribution < -0.4 is 5.32 Å². The van der Waals surface area contributed by atoms with E-state index in [2.05, 4.69) is 5.32 Å². The number of amides is 2. The summed E-state index contributed by atoms with van der Waals surface area (Å²) in [7, 11) is 0. The lowest BCUT2D eigenvalue weighted by Crippen LogP contribution is -2.32. The van der Waals surface area contributed by atoms with Crippen LogP contribution in [0, 0.1) is 11.7 Å². The maximum Gasteiger partial charge on any atom is 0.224 e. The predicted octanol–water partition coefficient (Wildman–Crippen LogP) is 2.53. The summed E-state index contributed by atoms with van der Waals surface area (Å²) < 4.78 is 13.0. The van der Waals surface area contributed by atoms with Gasteiger partial charge in [-0.05, 0) is 23.3 Å². The Bertz CT molecular complexity index is 731. The molecule has 3 rings (SSSR count). The zero-order chi connectivity index (χ0) is 17.6. The van der Waals surface area contributed by atoms with Crippen molar-refractivity contribution in [2.75, 3.05) is 13.1 Å². The second kappa shape index (κ2) is 7.92. The largest absolute Gasteiger partial charge is 0.355 e. The van der Waals surface area contributed by atoms with Crippen LogP contribution in [0.5, 0.6) is 0 Å². The maximum absolute atomic E-state index is 13.0. The van der Waals surface area contributed by atoms with E-state index in [0.29, 0.717) is 32.5 Å². The maximum atomic E-state index is 13.0. The van der Waals surface area contributed by atoms with Crippen LogP contribution >= 0.6 is 0 Å². The summed E-state index contributed by atoms with van der Waals surface area (Å²) in [6, 6.07) is 15.8. The van der Waals surface area contributed by atoms with E-state index >= 15 is 0 Å². The number of benzene rings is 2. The molecule has 0 unspecified atom stereocenters. The molecule has 2 amide bonds. The molecule has 130 valence electrons. The summed E-state index contributed by atoms with van der Waals surface area (Å²) in [5.74, 6) is -0.120. The van der Waals surface area contributed by atoms with Gasteiger partial charge in [0.15, 0.2) is 0 Å². The van der Waals surface area contributed by atoms with Crippen LogP contribution in [0.25, 0.3) is 0 Å². The van der Waals surface area contributed by atoms with Crippen LogP contribution in [-0.2, 0) is 22.6 Å². The third kappa shape index (κ3) is 4.89. The van der Waals surface area contributed by atoms with Crippen LogP contribution in [0.2, 0.25) is 0 Å². The number of carbonyl (C=O) groups excluding carboxylic acids is 2. The smallest absolute Gasteiger partial charge is 0.224 e. The summed E-state index contributed by atoms with van der Waals surface area (Å²) in [6.07, 6.45) is 0.785. The first-order chi connectivity index (χ1) is 12.1. The van der Waals surface area contributed by atoms with Crippen LogP contribution in [0.3, 0.4) is 0 Å². The Labute approximate surface area is 146 Å². The van der Waals surface area contributed by atoms with E-state index in [1.807, 2.05) is 30.3 Å². The van der Waals surface area contributed by atoms with E-state index in [0.717, 1.165) is 11.1 Å². The summed E-state index contributed by atoms with van der Waals surface area (Å²) in [5.41, 5.74) is 1.88. The van der Waals surface area contributed by atoms with Crippen molar-refractivity contribution in [3.8, 4) is 0 Å². The highest BCUT2D eigenvalue weighted by Gasteiger charge is 2.29. The van der Waals surface area contributed by atoms with Crippen molar-refractivity contribution in [1.82, 2.24) is 10.2 Å². The Morgan fingerprint density at radius 1 is 1.08 bits per heavy atom. The van der Waals surface area contributed by atoms with Gasteiger partial charge in [0.05, 0.1) is 6.42 Å². The molecule has 4 nitrogen and oxygen atoms in total. The molecular weight excluding hydrogens is 319 g/mol. The standard InChI is InChI=1S/C20H21FN2O2/c21-18-8-6-16(7-9-18)13-23-14-17(11-20(23)25)12-22-19(24)10-15-4-2-1-3-5-15/h1-9,17H,10-14H2,(H,22,24)/t17-/m1/s1. The monoisotopic (exact) mass is 340 g/mol. The predicted molar refractivity (Wildman–Crippen MR) is 93.1 cm³/mol. The Kier molecular flexibility index (Phi) is 5.43. The first kappa shape index (κ1) is 17.1. The van der Waals surface area contributed by atoms with Gasteiger partial charge in [0.2, 0.25) is 11.8 Å². The van der Waals surface area contributed by atoms with Crippen molar-refractivity contribution in [3.05, 3.63) is 71.5 Å². The quantitative estimate of drug-likeness (QED) is 0.878. The van der Waals surface area contributed by atoms with Crippen molar-refractivity contribution in [1.29, 1.82) is 0 Å². The molecule has 2 aromatic rings. The molecule has 1 aliphatic heterocycles. The summed E-state index contributed by atoms with van der Waals surface area (Å²) in [6.45, 7) is 1.59. The molecule has 0 spiro atoms. The molecule has 0 aromatic heterocycles. The lowest BCUT2D eigenvalue weighted by atomic mass is 10.1. The van der Waals surface area contributed by atoms with Gasteiger partial charge in [-0.2, -0.15) is 0 Å². The lowest BCUT2D eigenvalue weighted by Gasteiger charge is -2.17. The fraction of sp³-hybridized carbons (Fsp3) is 0.300. The molecule has 2 aromatic carbocycles. The highest BCUT2D eigenvalue weighted by atomic mass is 19.1. The number of nitrogens with one attached hydrogen (secondary N) is 1. The third-order valence-electron chi connectivity index (χ3n) is 4.38. The van der Waals surface area contributed by atoms with Crippen LogP contribution in [0.4, 0.5) is 4.39 Å². The summed E-state index contributed by atoms with van der Waals surface area (Å²) in [4.78, 5) is 25.9. The van der Waals surface area contributed by atoms with E-state index < -0.39 is 0 Å². The Morgan fingerprint density at radius 3 is 2.52 bits per heavy atom. The van der Waals surface area contributed by atoms with Gasteiger partial charge in [-0.15, -0.1) is 0 Å². The molecular formula is C20H21FN2O2. The fourth-order valence-electron chi connectivity index (χ4n) is 3.06. The van der Waals surface area contributed by atoms with E-state index in [1.54, 1.807) is 17.0 Å². The number of likely N-dealkylation sites (tertiary alicyclic amines) is 1. The first-order valence-electron chi connectivity index (χ1n) is 8.43. The van der Waals surface area contributed by atoms with Gasteiger partial charge < -0.3 is 10.2 Å². The van der Waals surface area contributed by atoms with Crippen molar-refractivity contribution in [2.45, 2.75) is 19.4 Å². The third-order valence-corrected chi connectivity index (χ3v) is 4.38. The topological polar surface area (TPSA) is 49.4 Å². The second-order valence-corrected chi connectivity index (χ2v) is 6.44. The SMILES string of the molecule is O=C(Cc1ccccc1)NC[C@H]1CC(=O)N(Cc2ccc(F)cc2)C1. The molecule has 1 heterocycles. The van der Waals surface area contributed by atoms with Gasteiger partial charge in [0.25, 0.3) is 0 Å². The Morgan fingerprint density at radius 2 is 1.80 bits per heavy atom. The zero-order valence-electron chi connectivity index (χ0n) is 14.0. The molecule has 0 aliphatic carbocycles. The highest BCUT2D eigenvalue weighted by Crippen LogP contribution is 2.20. The Balaban J connectivity index is 1.46. The molecule has 25 heavy (non-hydrogen) atoms. The molecule has 0 saturated carbocycles. The van der Waals surface area contributed by atoms with Crippen LogP contribution in [-0.4, -0.2) is 29.8 Å². The average molecular weight is 340 g/mol. The lowest BCUT2D eigenvalue weighted by molar-refractivity contribution is -0.128. The molecule has 5 heteroatoms. The number of halogens is 1. The van der Waals surface area contributed by atoms with Gasteiger partial charge >= 0.3 is 0 Å². The highest BCUT2D eigenvalue weighted by molar-refractivity contribution is 5.80. The van der Waals surface area contributed by atoms with E-state index in [4.69, 9.17) is 0 Å². The van der Waals surface area contributed by atoms with Gasteiger partial charge in [-0.3, -0.25) is 9.59 Å². The summed E-state index contributed by atoms with van der Waals surface area (Å²) in [5, 5.41) is 2.92. The number of hydrogen-bond donors (Lipinski definition) is 1. The molecule has 1 saturated heterocycles. The molecule has 1 N–H and O–H groups in total. The molecule has 1 aliphatic rings. The number of carbonyl (C=O) groups is 2. The normalized spacial score (nSPS) is 16.9. The summed E-state index contributed by atoms with van der Waals surface area (Å²) >= 11 is 0. The molecule has 0 radical (unpaired) electrons. The minimum Gasteiger partial charge on any atom is -0.355 e. The number of hydrogen-bond acceptors (Lipinski definition) is 2. The van der Waals surface area contributed by atoms with Gasteiger partial charge in [-0.1, -0.05) is 42.5 Å². The fourth-order valence-corrected chi connectivity index (χ4v) is 3.06. The van der Waals surface area contributed by atoms with Crippen molar-refractivity contribution in [2.24, 2.45) is 5.92 Å². The minimum absolute atomic E-state index is 0.0318. The number of nitrogens with zero attached hydrogens (tertiary/aromatic N) is 1. The molecule has 1 fully saturated rings. The molecule has 0 bridgehead atoms. The van der Waals surface area contributed by atoms with E-state index in [1.165, 1.54) is 12.1 Å². The molecule has 1 atom stereocenters. The van der Waals surface area contributed by atoms with E-state index in [9.17, 15) is 14.0 Å². The van der Waals surface area contributed by atoms with Crippen molar-refractivity contribution >= 4 is 11.8 Å². The van der Waals surface area contributed by atoms with Crippen molar-refractivity contribution < 1.29 is 14.0 Å². The van der Waals surface area contributed by atoms with Gasteiger partial charge in [0.1, 0.15) is 5.82 Å². The zero-order valence-corrected chi connectivity index (χ0v) is 14.0. The Hall–Kier alpha value is -2.69. The van der Waals surface area contributed by atoms with Gasteiger partial charge in [-0.25, -0.2) is 4.39 Å². The average Bonchev–Trinajstić information content (AvgIpc) is 2.96. The first-order valence-corrected chi connectivity index (χ1v) is 8.43. The number of rotatable bonds is 6. The van der Waals surface area contributed by atoms with E-state index in [-0.39, 0.29) is 23.5 Å². The second-order valence-electron chi connectivity index (χ2n) is 6.44. The van der Waals surface area contributed by atoms with Crippen LogP contribution in [0.1, 0.15) is 17.5 Å². The van der Waals surface area contributed by atoms with Gasteiger partial charge in [0, 0.05) is 32.0 Å². The minimum atomic E-state index is -0.282.